The summed E-state index contributed by atoms with van der Waals surface area (Å²) < 4.78 is 0. The predicted octanol–water partition coefficient (Wildman–Crippen LogP) is 4.42. The van der Waals surface area contributed by atoms with Crippen molar-refractivity contribution in [3.05, 3.63) is 35.4 Å². The molecule has 1 unspecified atom stereocenters. The normalized spacial score (nSPS) is 25.4. The fraction of sp³-hybridized carbons (Fsp3) is 0.680. The molecule has 0 radical (unpaired) electrons. The van der Waals surface area contributed by atoms with Crippen molar-refractivity contribution >= 4 is 12.2 Å². The minimum absolute atomic E-state index is 0.173. The smallest absolute Gasteiger partial charge is 0.253 e. The fourth-order valence-corrected chi connectivity index (χ4v) is 5.76. The summed E-state index contributed by atoms with van der Waals surface area (Å²) in [6.07, 6.45) is 11.1. The molecule has 29 heavy (non-hydrogen) atoms. The molecule has 4 nitrogen and oxygen atoms in total. The van der Waals surface area contributed by atoms with Gasteiger partial charge in [-0.15, -0.1) is 0 Å². The lowest BCUT2D eigenvalue weighted by Gasteiger charge is -2.43. The number of amides is 1. The first-order valence-electron chi connectivity index (χ1n) is 11.7. The summed E-state index contributed by atoms with van der Waals surface area (Å²) in [5.41, 5.74) is 2.29. The van der Waals surface area contributed by atoms with E-state index in [9.17, 15) is 9.59 Å². The van der Waals surface area contributed by atoms with E-state index in [4.69, 9.17) is 0 Å². The Kier molecular flexibility index (Phi) is 6.38. The number of benzene rings is 1. The molecule has 2 heterocycles. The first-order chi connectivity index (χ1) is 14.1. The molecule has 4 heteroatoms. The van der Waals surface area contributed by atoms with Crippen LogP contribution in [0.1, 0.15) is 80.6 Å². The number of piperidine rings is 2. The van der Waals surface area contributed by atoms with E-state index >= 15 is 0 Å². The third-order valence-corrected chi connectivity index (χ3v) is 7.75. The lowest BCUT2D eigenvalue weighted by Crippen LogP contribution is -2.49. The molecule has 1 saturated carbocycles. The molecule has 1 aliphatic carbocycles. The molecular formula is C25H36N2O2. The van der Waals surface area contributed by atoms with Crippen LogP contribution in [0.2, 0.25) is 0 Å². The van der Waals surface area contributed by atoms with E-state index in [1.54, 1.807) is 0 Å². The van der Waals surface area contributed by atoms with Crippen LogP contribution in [0.5, 0.6) is 0 Å². The molecule has 2 aliphatic heterocycles. The Morgan fingerprint density at radius 1 is 1.07 bits per heavy atom. The lowest BCUT2D eigenvalue weighted by atomic mass is 9.62. The van der Waals surface area contributed by atoms with Gasteiger partial charge in [0.05, 0.1) is 0 Å². The molecule has 158 valence electrons. The van der Waals surface area contributed by atoms with Gasteiger partial charge < -0.3 is 9.69 Å². The Balaban J connectivity index is 1.34. The first-order valence-corrected chi connectivity index (χ1v) is 11.7. The summed E-state index contributed by atoms with van der Waals surface area (Å²) in [6.45, 7) is 6.57. The molecule has 1 amide bonds. The molecule has 0 bridgehead atoms. The van der Waals surface area contributed by atoms with Crippen LogP contribution in [0.15, 0.2) is 24.3 Å². The maximum absolute atomic E-state index is 13.0. The maximum atomic E-state index is 13.0. The SMILES string of the molecule is CC1CCCN(C2CCN(C(=O)c3ccc(C4(CCC=O)CCC4)cc3)CC2)C1. The van der Waals surface area contributed by atoms with Crippen molar-refractivity contribution in [1.29, 1.82) is 0 Å². The van der Waals surface area contributed by atoms with Crippen molar-refractivity contribution in [1.82, 2.24) is 9.80 Å². The van der Waals surface area contributed by atoms with Gasteiger partial charge in [0.25, 0.3) is 5.91 Å². The Morgan fingerprint density at radius 3 is 2.38 bits per heavy atom. The molecule has 4 rings (SSSR count). The van der Waals surface area contributed by atoms with Crippen LogP contribution >= 0.6 is 0 Å². The topological polar surface area (TPSA) is 40.6 Å². The molecule has 3 fully saturated rings. The summed E-state index contributed by atoms with van der Waals surface area (Å²) in [4.78, 5) is 28.6. The zero-order valence-electron chi connectivity index (χ0n) is 17.9. The zero-order chi connectivity index (χ0) is 20.3. The van der Waals surface area contributed by atoms with Gasteiger partial charge in [-0.2, -0.15) is 0 Å². The van der Waals surface area contributed by atoms with Crippen molar-refractivity contribution in [2.75, 3.05) is 26.2 Å². The minimum atomic E-state index is 0.173. The van der Waals surface area contributed by atoms with Crippen LogP contribution in [-0.2, 0) is 10.2 Å². The van der Waals surface area contributed by atoms with Crippen LogP contribution in [0.3, 0.4) is 0 Å². The van der Waals surface area contributed by atoms with E-state index in [0.29, 0.717) is 12.5 Å². The van der Waals surface area contributed by atoms with Crippen molar-refractivity contribution in [2.24, 2.45) is 5.92 Å². The van der Waals surface area contributed by atoms with Crippen LogP contribution in [0.25, 0.3) is 0 Å². The van der Waals surface area contributed by atoms with Gasteiger partial charge in [0.1, 0.15) is 6.29 Å². The highest BCUT2D eigenvalue weighted by atomic mass is 16.2. The largest absolute Gasteiger partial charge is 0.339 e. The second-order valence-electron chi connectivity index (χ2n) is 9.68. The minimum Gasteiger partial charge on any atom is -0.339 e. The number of carbonyl (C=O) groups is 2. The van der Waals surface area contributed by atoms with E-state index < -0.39 is 0 Å². The monoisotopic (exact) mass is 396 g/mol. The second-order valence-corrected chi connectivity index (χ2v) is 9.68. The molecule has 1 aromatic carbocycles. The lowest BCUT2D eigenvalue weighted by molar-refractivity contribution is -0.108. The average molecular weight is 397 g/mol. The molecular weight excluding hydrogens is 360 g/mol. The Morgan fingerprint density at radius 2 is 1.79 bits per heavy atom. The third-order valence-electron chi connectivity index (χ3n) is 7.75. The maximum Gasteiger partial charge on any atom is 0.253 e. The highest BCUT2D eigenvalue weighted by Crippen LogP contribution is 2.47. The summed E-state index contributed by atoms with van der Waals surface area (Å²) in [5, 5.41) is 0. The molecule has 3 aliphatic rings. The summed E-state index contributed by atoms with van der Waals surface area (Å²) in [6, 6.07) is 8.95. The quantitative estimate of drug-likeness (QED) is 0.668. The van der Waals surface area contributed by atoms with Crippen molar-refractivity contribution in [2.45, 2.75) is 76.2 Å². The summed E-state index contributed by atoms with van der Waals surface area (Å²) in [7, 11) is 0. The molecule has 0 aromatic heterocycles. The van der Waals surface area contributed by atoms with Gasteiger partial charge in [0.2, 0.25) is 0 Å². The predicted molar refractivity (Wildman–Crippen MR) is 116 cm³/mol. The standard InChI is InChI=1S/C25H36N2O2/c1-20-5-2-15-27(19-20)23-10-16-26(17-11-23)24(29)21-6-8-22(9-7-21)25(12-3-13-25)14-4-18-28/h6-9,18,20,23H,2-5,10-17,19H2,1H3. The van der Waals surface area contributed by atoms with E-state index in [1.807, 2.05) is 17.0 Å². The Labute approximate surface area is 175 Å². The Hall–Kier alpha value is -1.68. The highest BCUT2D eigenvalue weighted by molar-refractivity contribution is 5.94. The molecule has 0 spiro atoms. The number of carbonyl (C=O) groups excluding carboxylic acids is 2. The zero-order valence-corrected chi connectivity index (χ0v) is 17.9. The second kappa shape index (κ2) is 8.99. The summed E-state index contributed by atoms with van der Waals surface area (Å²) in [5.74, 6) is 0.991. The number of hydrogen-bond acceptors (Lipinski definition) is 3. The number of aldehydes is 1. The van der Waals surface area contributed by atoms with Crippen molar-refractivity contribution < 1.29 is 9.59 Å². The van der Waals surface area contributed by atoms with Gasteiger partial charge in [0, 0.05) is 37.7 Å². The average Bonchev–Trinajstić information content (AvgIpc) is 2.73. The third kappa shape index (κ3) is 4.42. The van der Waals surface area contributed by atoms with E-state index in [1.165, 1.54) is 37.9 Å². The van der Waals surface area contributed by atoms with Crippen LogP contribution in [0.4, 0.5) is 0 Å². The van der Waals surface area contributed by atoms with Crippen LogP contribution in [0, 0.1) is 5.92 Å². The van der Waals surface area contributed by atoms with Gasteiger partial charge in [-0.25, -0.2) is 0 Å². The van der Waals surface area contributed by atoms with E-state index in [0.717, 1.165) is 63.0 Å². The van der Waals surface area contributed by atoms with E-state index in [-0.39, 0.29) is 11.3 Å². The first kappa shape index (κ1) is 20.6. The van der Waals surface area contributed by atoms with Crippen molar-refractivity contribution in [3.63, 3.8) is 0 Å². The van der Waals surface area contributed by atoms with Crippen LogP contribution < -0.4 is 0 Å². The highest BCUT2D eigenvalue weighted by Gasteiger charge is 2.38. The number of rotatable bonds is 6. The Bertz CT molecular complexity index is 702. The van der Waals surface area contributed by atoms with Crippen molar-refractivity contribution in [3.8, 4) is 0 Å². The van der Waals surface area contributed by atoms with Gasteiger partial charge in [0.15, 0.2) is 0 Å². The van der Waals surface area contributed by atoms with Gasteiger partial charge >= 0.3 is 0 Å². The van der Waals surface area contributed by atoms with Gasteiger partial charge in [-0.05, 0) is 80.5 Å². The van der Waals surface area contributed by atoms with Gasteiger partial charge in [-0.3, -0.25) is 9.69 Å². The molecule has 1 aromatic rings. The molecule has 2 saturated heterocycles. The number of nitrogens with zero attached hydrogens (tertiary/aromatic N) is 2. The number of hydrogen-bond donors (Lipinski definition) is 0. The summed E-state index contributed by atoms with van der Waals surface area (Å²) >= 11 is 0. The van der Waals surface area contributed by atoms with Crippen LogP contribution in [-0.4, -0.2) is 54.2 Å². The van der Waals surface area contributed by atoms with Gasteiger partial charge in [-0.1, -0.05) is 25.5 Å². The number of likely N-dealkylation sites (tertiary alicyclic amines) is 2. The van der Waals surface area contributed by atoms with E-state index in [2.05, 4.69) is 24.0 Å². The fourth-order valence-electron chi connectivity index (χ4n) is 5.76. The molecule has 0 N–H and O–H groups in total. The molecule has 1 atom stereocenters.